The molecule has 8 fully saturated rings. The van der Waals surface area contributed by atoms with Crippen molar-refractivity contribution in [2.24, 2.45) is 35.5 Å². The molecule has 0 aromatic carbocycles. The summed E-state index contributed by atoms with van der Waals surface area (Å²) >= 11 is 6.45. The monoisotopic (exact) mass is 1590 g/mol. The van der Waals surface area contributed by atoms with Gasteiger partial charge in [-0.15, -0.1) is 11.6 Å². The number of nitrogens with one attached hydrogen (secondary N) is 3. The van der Waals surface area contributed by atoms with E-state index in [0.717, 1.165) is 14.7 Å². The molecule has 3 unspecified atom stereocenters. The van der Waals surface area contributed by atoms with E-state index < -0.39 is 210 Å². The van der Waals surface area contributed by atoms with Crippen LogP contribution in [-0.4, -0.2) is 308 Å². The summed E-state index contributed by atoms with van der Waals surface area (Å²) in [4.78, 5) is 194. The van der Waals surface area contributed by atoms with Crippen LogP contribution in [0.2, 0.25) is 0 Å². The fraction of sp³-hybridized carbons (Fsp3) is 0.842. The van der Waals surface area contributed by atoms with Crippen molar-refractivity contribution >= 4 is 82.5 Å². The van der Waals surface area contributed by atoms with Crippen molar-refractivity contribution in [1.82, 2.24) is 60.0 Å². The van der Waals surface area contributed by atoms with Gasteiger partial charge in [0.15, 0.2) is 0 Å². The van der Waals surface area contributed by atoms with Gasteiger partial charge in [0.05, 0.1) is 57.3 Å². The van der Waals surface area contributed by atoms with E-state index in [0.29, 0.717) is 64.2 Å². The Balaban J connectivity index is 1.21. The molecule has 0 aromatic heterocycles. The maximum atomic E-state index is 15.8. The number of carbonyl (C=O) groups is 12. The van der Waals surface area contributed by atoms with Crippen molar-refractivity contribution in [1.29, 1.82) is 0 Å². The predicted octanol–water partition coefficient (Wildman–Crippen LogP) is 5.66. The molecular formula is C76H119ClF6N12O15. The Kier molecular flexibility index (Phi) is 31.9. The second-order valence-electron chi connectivity index (χ2n) is 32.3. The van der Waals surface area contributed by atoms with Crippen molar-refractivity contribution in [3.8, 4) is 0 Å². The Bertz CT molecular complexity index is 3230. The van der Waals surface area contributed by atoms with Crippen LogP contribution in [-0.2, 0) is 71.7 Å². The van der Waals surface area contributed by atoms with E-state index in [2.05, 4.69) is 16.0 Å². The zero-order valence-corrected chi connectivity index (χ0v) is 66.5. The lowest BCUT2D eigenvalue weighted by atomic mass is 9.78. The Labute approximate surface area is 647 Å². The topological polar surface area (TPSA) is 298 Å². The summed E-state index contributed by atoms with van der Waals surface area (Å²) in [6.07, 6.45) is -6.35. The van der Waals surface area contributed by atoms with Gasteiger partial charge in [-0.3, -0.25) is 57.5 Å². The lowest BCUT2D eigenvalue weighted by Crippen LogP contribution is -2.65. The Morgan fingerprint density at radius 3 is 1.86 bits per heavy atom. The largest absolute Gasteiger partial charge is 0.393 e. The summed E-state index contributed by atoms with van der Waals surface area (Å²) in [5.41, 5.74) is -1.67. The van der Waals surface area contributed by atoms with Gasteiger partial charge in [0.1, 0.15) is 53.9 Å². The van der Waals surface area contributed by atoms with Crippen LogP contribution < -0.4 is 16.0 Å². The van der Waals surface area contributed by atoms with Crippen molar-refractivity contribution in [3.05, 3.63) is 0 Å². The number of amides is 12. The molecule has 13 atom stereocenters. The lowest BCUT2D eigenvalue weighted by Gasteiger charge is -2.42. The number of hydrogen-bond acceptors (Lipinski definition) is 15. The molecule has 8 aliphatic rings. The number of fused-ring (bicyclic) bond motifs is 3. The fourth-order valence-corrected chi connectivity index (χ4v) is 18.5. The average Bonchev–Trinajstić information content (AvgIpc) is 1.54. The summed E-state index contributed by atoms with van der Waals surface area (Å²) in [7, 11) is 9.47. The van der Waals surface area contributed by atoms with Crippen LogP contribution in [0.3, 0.4) is 0 Å². The van der Waals surface area contributed by atoms with Crippen molar-refractivity contribution in [2.45, 2.75) is 259 Å². The summed E-state index contributed by atoms with van der Waals surface area (Å²) < 4.78 is 102. The van der Waals surface area contributed by atoms with E-state index in [-0.39, 0.29) is 136 Å². The third-order valence-electron chi connectivity index (χ3n) is 25.0. The highest BCUT2D eigenvalue weighted by Crippen LogP contribution is 2.45. The number of alkyl halides is 7. The van der Waals surface area contributed by atoms with E-state index in [9.17, 15) is 45.5 Å². The number of likely N-dealkylation sites (N-methyl/N-ethyl adjacent to an activating group) is 6. The maximum Gasteiger partial charge on any atom is 0.393 e. The summed E-state index contributed by atoms with van der Waals surface area (Å²) in [5, 5.41) is 7.35. The van der Waals surface area contributed by atoms with E-state index in [1.54, 1.807) is 20.8 Å². The zero-order chi connectivity index (χ0) is 80.9. The van der Waals surface area contributed by atoms with Crippen LogP contribution in [0.1, 0.15) is 181 Å². The number of rotatable bonds is 13. The van der Waals surface area contributed by atoms with Crippen LogP contribution in [0.4, 0.5) is 26.3 Å². The SMILES string of the molecule is CCO[C@@H]1C[C@H]2C(=O)NC3(CCCC3)C(=O)N(C)[C@@H](C3CCCC3)C(=O)N(C)[C@H](C(=O)N3CCOCC3)CC(=O)N(C)[C@@H](COC)C(=O)N[C@@H]([C@@H](C)CC)C(=O)N(C)CC(=O)N(C)[C@H]3CCCCCN(C3=O)[C@@H](CC3CCC(C(F)(F)F)CC3)C(=O)N(C)CC(=O)N[C@@H](CCC3CCC(C(F)(F)F)C(Cl)C3)C(=O)N2C1. The molecule has 12 amide bonds. The second-order valence-corrected chi connectivity index (χ2v) is 32.9. The molecule has 27 nitrogen and oxygen atoms in total. The molecule has 1 spiro atoms. The van der Waals surface area contributed by atoms with Crippen LogP contribution >= 0.6 is 11.6 Å². The van der Waals surface area contributed by atoms with Gasteiger partial charge in [0, 0.05) is 94.0 Å². The average molecular weight is 1590 g/mol. The van der Waals surface area contributed by atoms with Gasteiger partial charge in [-0.2, -0.15) is 26.3 Å². The van der Waals surface area contributed by atoms with Gasteiger partial charge in [-0.05, 0) is 133 Å². The van der Waals surface area contributed by atoms with Crippen molar-refractivity contribution < 1.29 is 98.1 Å². The Morgan fingerprint density at radius 1 is 0.618 bits per heavy atom. The van der Waals surface area contributed by atoms with Crippen LogP contribution in [0.25, 0.3) is 0 Å². The molecule has 622 valence electrons. The van der Waals surface area contributed by atoms with Gasteiger partial charge < -0.3 is 74.3 Å². The predicted molar refractivity (Wildman–Crippen MR) is 391 cm³/mol. The first kappa shape index (κ1) is 88.9. The molecule has 110 heavy (non-hydrogen) atoms. The molecule has 4 saturated heterocycles. The minimum Gasteiger partial charge on any atom is -0.382 e. The molecular weight excluding hydrogens is 1470 g/mol. The molecule has 4 saturated carbocycles. The smallest absolute Gasteiger partial charge is 0.382 e. The van der Waals surface area contributed by atoms with Gasteiger partial charge in [-0.25, -0.2) is 0 Å². The van der Waals surface area contributed by atoms with Crippen LogP contribution in [0, 0.1) is 35.5 Å². The third-order valence-corrected chi connectivity index (χ3v) is 25.5. The Hall–Kier alpha value is -6.61. The van der Waals surface area contributed by atoms with Crippen LogP contribution in [0.15, 0.2) is 0 Å². The standard InChI is InChI=1S/C76H119ClF6N12O15/c1-11-46(3)63-71(105)88(5)44-62(98)89(6)55-22-14-13-19-33-94(70(55)104)58(39-48-23-27-50(28-24-48)75(78,79)80)68(102)87(4)43-60(96)84-54(30-26-47-25-29-52(53(77)38-47)76(81,82)83)67(101)95-42-51(110-12-2)40-56(95)66(100)86-74(31-17-18-32-74)73(107)92(9)64(49-20-15-16-21-49)72(106)91(8)57(69(103)93-34-36-109-37-35-93)41-61(97)90(7)59(45-108-10)65(99)85-63/h46-59,63-64H,11-45H2,1-10H3,(H,84,96)(H,85,99)(H,86,100)/t46-,47?,48?,50?,51+,52?,53?,54-,55-,56-,57-,58-,59-,63-,64-/m0/s1. The normalized spacial score (nSPS) is 31.7. The Morgan fingerprint density at radius 2 is 1.25 bits per heavy atom. The van der Waals surface area contributed by atoms with Crippen molar-refractivity contribution in [2.75, 3.05) is 115 Å². The molecule has 4 aliphatic carbocycles. The summed E-state index contributed by atoms with van der Waals surface area (Å²) in [6, 6.07) is -11.1. The highest BCUT2D eigenvalue weighted by Gasteiger charge is 2.54. The quantitative estimate of drug-likeness (QED) is 0.148. The van der Waals surface area contributed by atoms with Crippen LogP contribution in [0.5, 0.6) is 0 Å². The molecule has 0 aromatic rings. The number of ether oxygens (including phenoxy) is 3. The number of morpholine rings is 1. The zero-order valence-electron chi connectivity index (χ0n) is 65.8. The molecule has 8 rings (SSSR count). The number of halogens is 7. The number of nitrogens with zero attached hydrogens (tertiary/aromatic N) is 9. The van der Waals surface area contributed by atoms with Gasteiger partial charge in [0.2, 0.25) is 70.9 Å². The first-order chi connectivity index (χ1) is 52.0. The highest BCUT2D eigenvalue weighted by molar-refractivity contribution is 6.21. The van der Waals surface area contributed by atoms with E-state index >= 15 is 38.4 Å². The first-order valence-corrected chi connectivity index (χ1v) is 40.2. The summed E-state index contributed by atoms with van der Waals surface area (Å²) in [5.74, 6) is -14.4. The minimum atomic E-state index is -4.57. The third kappa shape index (κ3) is 21.8. The maximum absolute atomic E-state index is 15.8. The molecule has 4 aliphatic heterocycles. The number of carbonyl (C=O) groups excluding carboxylic acids is 12. The minimum absolute atomic E-state index is 0.0417. The summed E-state index contributed by atoms with van der Waals surface area (Å²) in [6.45, 7) is 3.81. The van der Waals surface area contributed by atoms with E-state index in [1.165, 1.54) is 78.8 Å². The first-order valence-electron chi connectivity index (χ1n) is 39.8. The molecule has 3 N–H and O–H groups in total. The van der Waals surface area contributed by atoms with E-state index in [1.807, 2.05) is 0 Å². The fourth-order valence-electron chi connectivity index (χ4n) is 18.0. The number of hydrogen-bond donors (Lipinski definition) is 3. The van der Waals surface area contributed by atoms with Gasteiger partial charge >= 0.3 is 12.4 Å². The van der Waals surface area contributed by atoms with Gasteiger partial charge in [0.25, 0.3) is 0 Å². The molecule has 0 radical (unpaired) electrons. The molecule has 4 heterocycles. The van der Waals surface area contributed by atoms with Crippen molar-refractivity contribution in [3.63, 3.8) is 0 Å². The van der Waals surface area contributed by atoms with E-state index in [4.69, 9.17) is 25.8 Å². The lowest BCUT2D eigenvalue weighted by molar-refractivity contribution is -0.184. The molecule has 34 heteroatoms. The highest BCUT2D eigenvalue weighted by atomic mass is 35.5. The number of methoxy groups -OCH3 is 1. The second kappa shape index (κ2) is 39.4. The van der Waals surface area contributed by atoms with Gasteiger partial charge in [-0.1, -0.05) is 58.8 Å². The molecule has 2 bridgehead atoms.